The predicted octanol–water partition coefficient (Wildman–Crippen LogP) is 2.36. The number of hydrogen-bond acceptors (Lipinski definition) is 5. The van der Waals surface area contributed by atoms with Crippen LogP contribution in [-0.2, 0) is 9.53 Å². The summed E-state index contributed by atoms with van der Waals surface area (Å²) in [6.07, 6.45) is -3.97. The fourth-order valence-electron chi connectivity index (χ4n) is 2.00. The Bertz CT molecular complexity index is 739. The van der Waals surface area contributed by atoms with Crippen LogP contribution in [0.15, 0.2) is 54.7 Å². The lowest BCUT2D eigenvalue weighted by molar-refractivity contribution is -0.203. The van der Waals surface area contributed by atoms with Crippen LogP contribution in [-0.4, -0.2) is 35.8 Å². The fourth-order valence-corrected chi connectivity index (χ4v) is 2.00. The van der Waals surface area contributed by atoms with E-state index < -0.39 is 23.7 Å². The van der Waals surface area contributed by atoms with Crippen molar-refractivity contribution in [3.05, 3.63) is 60.3 Å². The van der Waals surface area contributed by atoms with E-state index in [9.17, 15) is 22.8 Å². The molecule has 1 heterocycles. The first kappa shape index (κ1) is 18.2. The minimum absolute atomic E-state index is 0.0529. The Kier molecular flexibility index (Phi) is 5.26. The average Bonchev–Trinajstić information content (AvgIpc) is 2.61. The molecule has 6 nitrogen and oxygen atoms in total. The number of carbonyl (C=O) groups excluding carboxylic acids is 2. The van der Waals surface area contributed by atoms with Crippen molar-refractivity contribution in [3.8, 4) is 0 Å². The Hall–Kier alpha value is -3.10. The number of aromatic nitrogens is 1. The van der Waals surface area contributed by atoms with Crippen molar-refractivity contribution in [3.63, 3.8) is 0 Å². The molecule has 9 heteroatoms. The molecule has 0 aliphatic heterocycles. The molecular weight excluding hydrogens is 339 g/mol. The maximum Gasteiger partial charge on any atom is 0.441 e. The number of carbonyl (C=O) groups is 2. The van der Waals surface area contributed by atoms with Crippen LogP contribution in [0.25, 0.3) is 0 Å². The molecule has 2 aromatic rings. The van der Waals surface area contributed by atoms with Gasteiger partial charge in [0.2, 0.25) is 0 Å². The molecule has 1 aromatic carbocycles. The highest BCUT2D eigenvalue weighted by Gasteiger charge is 2.63. The van der Waals surface area contributed by atoms with Crippen LogP contribution in [0.3, 0.4) is 0 Å². The summed E-state index contributed by atoms with van der Waals surface area (Å²) in [5, 5.41) is 3.64. The quantitative estimate of drug-likeness (QED) is 0.637. The molecule has 0 unspecified atom stereocenters. The van der Waals surface area contributed by atoms with E-state index in [1.54, 1.807) is 11.4 Å². The molecule has 0 radical (unpaired) electrons. The van der Waals surface area contributed by atoms with Gasteiger partial charge >= 0.3 is 17.8 Å². The highest BCUT2D eigenvalue weighted by atomic mass is 19.4. The smallest absolute Gasteiger partial charge is 0.441 e. The van der Waals surface area contributed by atoms with Gasteiger partial charge in [0.1, 0.15) is 5.82 Å². The number of benzene rings is 1. The molecular formula is C16H14F3N3O3. The molecule has 132 valence electrons. The maximum atomic E-state index is 13.8. The van der Waals surface area contributed by atoms with E-state index in [4.69, 9.17) is 0 Å². The zero-order valence-corrected chi connectivity index (χ0v) is 13.0. The summed E-state index contributed by atoms with van der Waals surface area (Å²) in [4.78, 5) is 27.9. The predicted molar refractivity (Wildman–Crippen MR) is 82.6 cm³/mol. The molecule has 25 heavy (non-hydrogen) atoms. The minimum atomic E-state index is -5.21. The Morgan fingerprint density at radius 2 is 1.68 bits per heavy atom. The number of methoxy groups -OCH3 is 1. The standard InChI is InChI=1S/C16H14F3N3O3/c1-25-14(24)15(16(17,18)19,21-12-9-5-6-10-20-12)22-13(23)11-7-3-2-4-8-11/h2-10H,1H3,(H,20,21)(H,22,23)/t15-/m1/s1. The van der Waals surface area contributed by atoms with Gasteiger partial charge in [-0.25, -0.2) is 9.78 Å². The van der Waals surface area contributed by atoms with Crippen molar-refractivity contribution in [2.24, 2.45) is 0 Å². The number of ether oxygens (including phenoxy) is 1. The first-order valence-corrected chi connectivity index (χ1v) is 7.02. The molecule has 1 aromatic heterocycles. The van der Waals surface area contributed by atoms with E-state index in [1.165, 1.54) is 48.7 Å². The maximum absolute atomic E-state index is 13.8. The molecule has 0 saturated heterocycles. The summed E-state index contributed by atoms with van der Waals surface area (Å²) in [5.41, 5.74) is -3.55. The second-order valence-corrected chi connectivity index (χ2v) is 4.90. The molecule has 0 fully saturated rings. The Labute approximate surface area is 141 Å². The van der Waals surface area contributed by atoms with E-state index in [-0.39, 0.29) is 11.4 Å². The van der Waals surface area contributed by atoms with E-state index in [2.05, 4.69) is 9.72 Å². The first-order valence-electron chi connectivity index (χ1n) is 7.02. The van der Waals surface area contributed by atoms with Crippen LogP contribution < -0.4 is 10.6 Å². The largest absolute Gasteiger partial charge is 0.466 e. The summed E-state index contributed by atoms with van der Waals surface area (Å²) >= 11 is 0. The van der Waals surface area contributed by atoms with Gasteiger partial charge in [0, 0.05) is 11.8 Å². The third-order valence-corrected chi connectivity index (χ3v) is 3.23. The summed E-state index contributed by atoms with van der Waals surface area (Å²) in [7, 11) is 0.789. The van der Waals surface area contributed by atoms with Crippen LogP contribution in [0.2, 0.25) is 0 Å². The van der Waals surface area contributed by atoms with Gasteiger partial charge in [0.05, 0.1) is 7.11 Å². The van der Waals surface area contributed by atoms with Gasteiger partial charge in [-0.15, -0.1) is 0 Å². The Morgan fingerprint density at radius 1 is 1.04 bits per heavy atom. The molecule has 1 amide bonds. The number of pyridine rings is 1. The van der Waals surface area contributed by atoms with Crippen LogP contribution in [0.4, 0.5) is 19.0 Å². The number of esters is 1. The lowest BCUT2D eigenvalue weighted by atomic mass is 10.1. The number of alkyl halides is 3. The zero-order chi connectivity index (χ0) is 18.5. The number of nitrogens with one attached hydrogen (secondary N) is 2. The van der Waals surface area contributed by atoms with Crippen molar-refractivity contribution in [1.29, 1.82) is 0 Å². The van der Waals surface area contributed by atoms with Crippen molar-refractivity contribution in [2.75, 3.05) is 12.4 Å². The summed E-state index contributed by atoms with van der Waals surface area (Å²) in [6, 6.07) is 11.3. The average molecular weight is 353 g/mol. The van der Waals surface area contributed by atoms with Gasteiger partial charge in [0.25, 0.3) is 5.91 Å². The number of halogens is 3. The molecule has 0 spiro atoms. The van der Waals surface area contributed by atoms with Crippen LogP contribution >= 0.6 is 0 Å². The number of hydrogen-bond donors (Lipinski definition) is 2. The van der Waals surface area contributed by atoms with Gasteiger partial charge in [-0.05, 0) is 24.3 Å². The molecule has 2 rings (SSSR count). The van der Waals surface area contributed by atoms with Crippen LogP contribution in [0.5, 0.6) is 0 Å². The minimum Gasteiger partial charge on any atom is -0.466 e. The number of nitrogens with zero attached hydrogens (tertiary/aromatic N) is 1. The van der Waals surface area contributed by atoms with E-state index >= 15 is 0 Å². The highest BCUT2D eigenvalue weighted by molar-refractivity contribution is 5.99. The molecule has 0 aliphatic carbocycles. The summed E-state index contributed by atoms with van der Waals surface area (Å²) in [5.74, 6) is -3.10. The molecule has 0 aliphatic rings. The van der Waals surface area contributed by atoms with Gasteiger partial charge in [0.15, 0.2) is 0 Å². The second kappa shape index (κ2) is 7.20. The normalized spacial score (nSPS) is 13.4. The van der Waals surface area contributed by atoms with Gasteiger partial charge in [-0.3, -0.25) is 4.79 Å². The van der Waals surface area contributed by atoms with Crippen LogP contribution in [0.1, 0.15) is 10.4 Å². The van der Waals surface area contributed by atoms with E-state index in [1.807, 2.05) is 5.32 Å². The van der Waals surface area contributed by atoms with Crippen molar-refractivity contribution < 1.29 is 27.5 Å². The SMILES string of the molecule is COC(=O)[C@](NC(=O)c1ccccc1)(Nc1ccccn1)C(F)(F)F. The third kappa shape index (κ3) is 3.87. The van der Waals surface area contributed by atoms with E-state index in [0.717, 1.165) is 7.11 Å². The van der Waals surface area contributed by atoms with Crippen molar-refractivity contribution >= 4 is 17.7 Å². The number of anilines is 1. The second-order valence-electron chi connectivity index (χ2n) is 4.90. The molecule has 2 N–H and O–H groups in total. The zero-order valence-electron chi connectivity index (χ0n) is 13.0. The Balaban J connectivity index is 2.46. The third-order valence-electron chi connectivity index (χ3n) is 3.23. The summed E-state index contributed by atoms with van der Waals surface area (Å²) in [6.45, 7) is 0. The lowest BCUT2D eigenvalue weighted by Gasteiger charge is -2.34. The first-order chi connectivity index (χ1) is 11.8. The van der Waals surface area contributed by atoms with E-state index in [0.29, 0.717) is 0 Å². The summed E-state index contributed by atoms with van der Waals surface area (Å²) < 4.78 is 45.6. The molecule has 0 bridgehead atoms. The van der Waals surface area contributed by atoms with Crippen molar-refractivity contribution in [1.82, 2.24) is 10.3 Å². The Morgan fingerprint density at radius 3 is 2.20 bits per heavy atom. The number of amides is 1. The highest BCUT2D eigenvalue weighted by Crippen LogP contribution is 2.32. The van der Waals surface area contributed by atoms with Gasteiger partial charge in [-0.2, -0.15) is 13.2 Å². The number of rotatable bonds is 5. The molecule has 1 atom stereocenters. The molecule has 0 saturated carbocycles. The van der Waals surface area contributed by atoms with Gasteiger partial charge < -0.3 is 15.4 Å². The van der Waals surface area contributed by atoms with Crippen molar-refractivity contribution in [2.45, 2.75) is 11.8 Å². The van der Waals surface area contributed by atoms with Gasteiger partial charge in [-0.1, -0.05) is 24.3 Å². The fraction of sp³-hybridized carbons (Fsp3) is 0.188. The lowest BCUT2D eigenvalue weighted by Crippen LogP contribution is -2.69. The monoisotopic (exact) mass is 353 g/mol. The van der Waals surface area contributed by atoms with Crippen LogP contribution in [0, 0.1) is 0 Å². The topological polar surface area (TPSA) is 80.3 Å².